The summed E-state index contributed by atoms with van der Waals surface area (Å²) in [6, 6.07) is 3.91. The molecule has 1 unspecified atom stereocenters. The second-order valence-corrected chi connectivity index (χ2v) is 4.79. The molecule has 2 heterocycles. The van der Waals surface area contributed by atoms with Crippen molar-refractivity contribution in [1.82, 2.24) is 9.88 Å². The first-order valence-corrected chi connectivity index (χ1v) is 6.33. The average Bonchev–Trinajstić information content (AvgIpc) is 2.83. The predicted molar refractivity (Wildman–Crippen MR) is 70.2 cm³/mol. The first-order valence-electron chi connectivity index (χ1n) is 6.33. The molecular formula is C13H21N3O2. The van der Waals surface area contributed by atoms with Crippen LogP contribution in [0.3, 0.4) is 0 Å². The minimum atomic E-state index is 0.153. The number of anilines is 1. The summed E-state index contributed by atoms with van der Waals surface area (Å²) in [5.41, 5.74) is 8.00. The smallest absolute Gasteiger partial charge is 0.123 e. The summed E-state index contributed by atoms with van der Waals surface area (Å²) in [6.45, 7) is 3.08. The molecule has 0 radical (unpaired) electrons. The van der Waals surface area contributed by atoms with Crippen molar-refractivity contribution < 1.29 is 9.84 Å². The van der Waals surface area contributed by atoms with Crippen molar-refractivity contribution in [2.24, 2.45) is 0 Å². The highest BCUT2D eigenvalue weighted by Gasteiger charge is 2.21. The van der Waals surface area contributed by atoms with E-state index in [1.807, 2.05) is 18.0 Å². The van der Waals surface area contributed by atoms with Gasteiger partial charge in [-0.05, 0) is 25.1 Å². The largest absolute Gasteiger partial charge is 0.395 e. The summed E-state index contributed by atoms with van der Waals surface area (Å²) in [5, 5.41) is 8.94. The van der Waals surface area contributed by atoms with Gasteiger partial charge in [0.05, 0.1) is 18.9 Å². The molecule has 0 saturated carbocycles. The summed E-state index contributed by atoms with van der Waals surface area (Å²) in [7, 11) is 1.97. The Kier molecular flexibility index (Phi) is 4.52. The average molecular weight is 251 g/mol. The van der Waals surface area contributed by atoms with Crippen LogP contribution in [0.2, 0.25) is 0 Å². The standard InChI is InChI=1S/C13H21N3O2/c1-16(5-6-17)8-12-11(2-3-13(14)15-12)10-4-7-18-9-10/h2-3,10,17H,4-9H2,1H3,(H2,14,15). The lowest BCUT2D eigenvalue weighted by atomic mass is 9.96. The molecule has 18 heavy (non-hydrogen) atoms. The van der Waals surface area contributed by atoms with Gasteiger partial charge in [-0.15, -0.1) is 0 Å². The third-order valence-corrected chi connectivity index (χ3v) is 3.30. The molecule has 1 aromatic heterocycles. The van der Waals surface area contributed by atoms with E-state index in [2.05, 4.69) is 11.1 Å². The van der Waals surface area contributed by atoms with Crippen LogP contribution in [0.5, 0.6) is 0 Å². The molecule has 3 N–H and O–H groups in total. The van der Waals surface area contributed by atoms with Crippen LogP contribution in [0.1, 0.15) is 23.6 Å². The third-order valence-electron chi connectivity index (χ3n) is 3.30. The van der Waals surface area contributed by atoms with Gasteiger partial charge in [0.25, 0.3) is 0 Å². The Hall–Kier alpha value is -1.17. The normalized spacial score (nSPS) is 19.6. The van der Waals surface area contributed by atoms with E-state index in [9.17, 15) is 0 Å². The van der Waals surface area contributed by atoms with Gasteiger partial charge in [-0.2, -0.15) is 0 Å². The lowest BCUT2D eigenvalue weighted by Crippen LogP contribution is -2.23. The van der Waals surface area contributed by atoms with Gasteiger partial charge in [-0.1, -0.05) is 6.07 Å². The number of aliphatic hydroxyl groups excluding tert-OH is 1. The van der Waals surface area contributed by atoms with Gasteiger partial charge >= 0.3 is 0 Å². The molecule has 0 aliphatic carbocycles. The maximum absolute atomic E-state index is 8.94. The molecule has 1 fully saturated rings. The van der Waals surface area contributed by atoms with E-state index >= 15 is 0 Å². The minimum absolute atomic E-state index is 0.153. The number of ether oxygens (including phenoxy) is 1. The molecule has 1 aliphatic rings. The summed E-state index contributed by atoms with van der Waals surface area (Å²) < 4.78 is 5.44. The van der Waals surface area contributed by atoms with Crippen molar-refractivity contribution in [3.63, 3.8) is 0 Å². The Morgan fingerprint density at radius 3 is 3.06 bits per heavy atom. The van der Waals surface area contributed by atoms with E-state index in [1.54, 1.807) is 0 Å². The number of nitrogen functional groups attached to an aromatic ring is 1. The van der Waals surface area contributed by atoms with Crippen molar-refractivity contribution in [1.29, 1.82) is 0 Å². The zero-order valence-corrected chi connectivity index (χ0v) is 10.8. The van der Waals surface area contributed by atoms with Gasteiger partial charge in [-0.3, -0.25) is 4.90 Å². The van der Waals surface area contributed by atoms with Crippen LogP contribution >= 0.6 is 0 Å². The first-order chi connectivity index (χ1) is 8.70. The zero-order valence-electron chi connectivity index (χ0n) is 10.8. The fraction of sp³-hybridized carbons (Fsp3) is 0.615. The highest BCUT2D eigenvalue weighted by Crippen LogP contribution is 2.28. The van der Waals surface area contributed by atoms with Crippen molar-refractivity contribution in [2.75, 3.05) is 39.1 Å². The number of rotatable bonds is 5. The molecule has 0 bridgehead atoms. The Bertz CT molecular complexity index is 392. The van der Waals surface area contributed by atoms with Crippen molar-refractivity contribution in [3.05, 3.63) is 23.4 Å². The van der Waals surface area contributed by atoms with Crippen LogP contribution in [0.15, 0.2) is 12.1 Å². The van der Waals surface area contributed by atoms with E-state index in [4.69, 9.17) is 15.6 Å². The van der Waals surface area contributed by atoms with Gasteiger partial charge in [0.1, 0.15) is 5.82 Å². The van der Waals surface area contributed by atoms with Gasteiger partial charge in [0.2, 0.25) is 0 Å². The molecule has 5 heteroatoms. The lowest BCUT2D eigenvalue weighted by Gasteiger charge is -2.19. The Morgan fingerprint density at radius 2 is 2.39 bits per heavy atom. The molecule has 0 spiro atoms. The fourth-order valence-corrected chi connectivity index (χ4v) is 2.31. The number of likely N-dealkylation sites (N-methyl/N-ethyl adjacent to an activating group) is 1. The van der Waals surface area contributed by atoms with Crippen LogP contribution in [0, 0.1) is 0 Å². The zero-order chi connectivity index (χ0) is 13.0. The molecule has 1 saturated heterocycles. The van der Waals surface area contributed by atoms with Crippen LogP contribution in [0.25, 0.3) is 0 Å². The third kappa shape index (κ3) is 3.19. The van der Waals surface area contributed by atoms with Crippen molar-refractivity contribution in [3.8, 4) is 0 Å². The number of hydrogen-bond donors (Lipinski definition) is 2. The molecule has 0 amide bonds. The SMILES string of the molecule is CN(CCO)Cc1nc(N)ccc1C1CCOC1. The summed E-state index contributed by atoms with van der Waals surface area (Å²) in [4.78, 5) is 6.48. The molecular weight excluding hydrogens is 230 g/mol. The van der Waals surface area contributed by atoms with Crippen LogP contribution < -0.4 is 5.73 Å². The molecule has 100 valence electrons. The second kappa shape index (κ2) is 6.13. The van der Waals surface area contributed by atoms with Gasteiger partial charge < -0.3 is 15.6 Å². The van der Waals surface area contributed by atoms with Gasteiger partial charge in [0.15, 0.2) is 0 Å². The first kappa shape index (κ1) is 13.3. The molecule has 1 aromatic rings. The predicted octanol–water partition coefficient (Wildman–Crippen LogP) is 0.592. The van der Waals surface area contributed by atoms with Crippen molar-refractivity contribution in [2.45, 2.75) is 18.9 Å². The van der Waals surface area contributed by atoms with Gasteiger partial charge in [-0.25, -0.2) is 4.98 Å². The maximum Gasteiger partial charge on any atom is 0.123 e. The highest BCUT2D eigenvalue weighted by molar-refractivity contribution is 5.36. The highest BCUT2D eigenvalue weighted by atomic mass is 16.5. The van der Waals surface area contributed by atoms with E-state index in [0.29, 0.717) is 24.8 Å². The molecule has 0 aromatic carbocycles. The van der Waals surface area contributed by atoms with Crippen LogP contribution in [-0.2, 0) is 11.3 Å². The minimum Gasteiger partial charge on any atom is -0.395 e. The number of hydrogen-bond acceptors (Lipinski definition) is 5. The number of aliphatic hydroxyl groups is 1. The summed E-state index contributed by atoms with van der Waals surface area (Å²) in [5.74, 6) is 0.973. The van der Waals surface area contributed by atoms with E-state index in [-0.39, 0.29) is 6.61 Å². The maximum atomic E-state index is 8.94. The van der Waals surface area contributed by atoms with Crippen LogP contribution in [-0.4, -0.2) is 48.4 Å². The summed E-state index contributed by atoms with van der Waals surface area (Å²) in [6.07, 6.45) is 1.04. The number of pyridine rings is 1. The monoisotopic (exact) mass is 251 g/mol. The number of nitrogens with two attached hydrogens (primary N) is 1. The molecule has 1 atom stereocenters. The Morgan fingerprint density at radius 1 is 1.56 bits per heavy atom. The van der Waals surface area contributed by atoms with E-state index in [1.165, 1.54) is 5.56 Å². The summed E-state index contributed by atoms with van der Waals surface area (Å²) >= 11 is 0. The molecule has 2 rings (SSSR count). The topological polar surface area (TPSA) is 71.6 Å². The number of aromatic nitrogens is 1. The molecule has 1 aliphatic heterocycles. The second-order valence-electron chi connectivity index (χ2n) is 4.79. The molecule has 5 nitrogen and oxygen atoms in total. The lowest BCUT2D eigenvalue weighted by molar-refractivity contribution is 0.193. The quantitative estimate of drug-likeness (QED) is 0.801. The van der Waals surface area contributed by atoms with E-state index < -0.39 is 0 Å². The Labute approximate surface area is 108 Å². The van der Waals surface area contributed by atoms with Crippen LogP contribution in [0.4, 0.5) is 5.82 Å². The van der Waals surface area contributed by atoms with Crippen molar-refractivity contribution >= 4 is 5.82 Å². The van der Waals surface area contributed by atoms with E-state index in [0.717, 1.165) is 25.3 Å². The van der Waals surface area contributed by atoms with Gasteiger partial charge in [0, 0.05) is 25.6 Å². The number of nitrogens with zero attached hydrogens (tertiary/aromatic N) is 2. The fourth-order valence-electron chi connectivity index (χ4n) is 2.31. The Balaban J connectivity index is 2.17.